The van der Waals surface area contributed by atoms with E-state index in [1.54, 1.807) is 31.3 Å². The van der Waals surface area contributed by atoms with E-state index in [1.807, 2.05) is 67.6 Å². The summed E-state index contributed by atoms with van der Waals surface area (Å²) in [6.45, 7) is 2.58. The van der Waals surface area contributed by atoms with Gasteiger partial charge in [0.2, 0.25) is 0 Å². The zero-order chi connectivity index (χ0) is 26.9. The van der Waals surface area contributed by atoms with E-state index < -0.39 is 45.4 Å². The molecule has 1 saturated heterocycles. The summed E-state index contributed by atoms with van der Waals surface area (Å²) >= 11 is 0. The van der Waals surface area contributed by atoms with E-state index >= 15 is 0 Å². The van der Waals surface area contributed by atoms with Crippen LogP contribution in [0, 0.1) is 6.92 Å². The monoisotopic (exact) mass is 533 g/mol. The second-order valence-corrected chi connectivity index (χ2v) is 12.1. The van der Waals surface area contributed by atoms with Crippen LogP contribution in [0.25, 0.3) is 0 Å². The predicted molar refractivity (Wildman–Crippen MR) is 143 cm³/mol. The highest BCUT2D eigenvalue weighted by atomic mass is 32.2. The van der Waals surface area contributed by atoms with Gasteiger partial charge < -0.3 is 15.0 Å². The minimum absolute atomic E-state index is 0.102. The maximum atomic E-state index is 13.8. The molecule has 1 saturated carbocycles. The summed E-state index contributed by atoms with van der Waals surface area (Å²) in [5.74, 6) is 0. The first-order chi connectivity index (χ1) is 18.3. The van der Waals surface area contributed by atoms with Crippen LogP contribution in [0.5, 0.6) is 0 Å². The molecule has 3 aromatic carbocycles. The van der Waals surface area contributed by atoms with Gasteiger partial charge >= 0.3 is 12.1 Å². The number of sulfone groups is 1. The van der Waals surface area contributed by atoms with Crippen molar-refractivity contribution in [2.24, 2.45) is 0 Å². The molecule has 0 unspecified atom stereocenters. The zero-order valence-electron chi connectivity index (χ0n) is 21.4. The summed E-state index contributed by atoms with van der Waals surface area (Å²) < 4.78 is 33.3. The molecule has 0 spiro atoms. The summed E-state index contributed by atoms with van der Waals surface area (Å²) in [7, 11) is -2.17. The van der Waals surface area contributed by atoms with Crippen molar-refractivity contribution in [3.63, 3.8) is 0 Å². The molecule has 8 nitrogen and oxygen atoms in total. The van der Waals surface area contributed by atoms with Gasteiger partial charge in [-0.05, 0) is 30.2 Å². The molecule has 0 aromatic heterocycles. The van der Waals surface area contributed by atoms with Crippen LogP contribution in [-0.4, -0.2) is 60.8 Å². The number of carbonyl (C=O) groups excluding carboxylic acids is 2. The molecule has 3 aromatic rings. The third kappa shape index (κ3) is 5.04. The third-order valence-electron chi connectivity index (χ3n) is 7.29. The molecule has 198 valence electrons. The van der Waals surface area contributed by atoms with Gasteiger partial charge in [-0.25, -0.2) is 22.9 Å². The molecule has 1 aliphatic carbocycles. The molecule has 2 fully saturated rings. The third-order valence-corrected chi connectivity index (χ3v) is 9.50. The summed E-state index contributed by atoms with van der Waals surface area (Å²) in [4.78, 5) is 29.3. The number of carbonyl (C=O) groups is 2. The normalized spacial score (nSPS) is 22.7. The average molecular weight is 534 g/mol. The van der Waals surface area contributed by atoms with E-state index in [9.17, 15) is 18.0 Å². The lowest BCUT2D eigenvalue weighted by Crippen LogP contribution is -2.56. The van der Waals surface area contributed by atoms with Crippen LogP contribution in [0.2, 0.25) is 0 Å². The van der Waals surface area contributed by atoms with Crippen molar-refractivity contribution in [2.45, 2.75) is 54.8 Å². The van der Waals surface area contributed by atoms with Crippen molar-refractivity contribution in [1.82, 2.24) is 15.1 Å². The SMILES string of the molecule is Cc1ccc(S(=O)(=O)[C@H]2C[C@H]3OC(=O)N(C(=O)N(C)Cc4ccccc4)[C@H]3[C@@H]2NCc2ccccc2)cc1. The summed E-state index contributed by atoms with van der Waals surface area (Å²) in [6.07, 6.45) is -1.37. The lowest BCUT2D eigenvalue weighted by Gasteiger charge is -2.31. The number of aryl methyl sites for hydroxylation is 1. The first-order valence-corrected chi connectivity index (χ1v) is 14.2. The van der Waals surface area contributed by atoms with Crippen LogP contribution in [0.15, 0.2) is 89.8 Å². The van der Waals surface area contributed by atoms with Crippen LogP contribution in [0.4, 0.5) is 9.59 Å². The highest BCUT2D eigenvalue weighted by molar-refractivity contribution is 7.92. The molecule has 5 rings (SSSR count). The molecule has 1 N–H and O–H groups in total. The first-order valence-electron chi connectivity index (χ1n) is 12.6. The molecule has 3 amide bonds. The van der Waals surface area contributed by atoms with Gasteiger partial charge in [-0.2, -0.15) is 0 Å². The number of hydrogen-bond donors (Lipinski definition) is 1. The van der Waals surface area contributed by atoms with E-state index in [0.717, 1.165) is 21.6 Å². The lowest BCUT2D eigenvalue weighted by atomic mass is 10.1. The Balaban J connectivity index is 1.45. The minimum Gasteiger partial charge on any atom is -0.443 e. The largest absolute Gasteiger partial charge is 0.443 e. The van der Waals surface area contributed by atoms with E-state index in [-0.39, 0.29) is 11.3 Å². The van der Waals surface area contributed by atoms with Crippen LogP contribution in [0.3, 0.4) is 0 Å². The Kier molecular flexibility index (Phi) is 7.23. The first kappa shape index (κ1) is 25.9. The smallest absolute Gasteiger partial charge is 0.418 e. The maximum absolute atomic E-state index is 13.8. The highest BCUT2D eigenvalue weighted by Gasteiger charge is 2.60. The number of amides is 3. The van der Waals surface area contributed by atoms with Crippen LogP contribution < -0.4 is 5.32 Å². The molecule has 1 aliphatic heterocycles. The van der Waals surface area contributed by atoms with Crippen molar-refractivity contribution < 1.29 is 22.7 Å². The molecule has 0 radical (unpaired) electrons. The van der Waals surface area contributed by atoms with E-state index in [1.165, 1.54) is 4.90 Å². The summed E-state index contributed by atoms with van der Waals surface area (Å²) in [5.41, 5.74) is 2.84. The standard InChI is InChI=1S/C29H31N3O5S/c1-20-13-15-23(16-14-20)38(35,36)25-17-24-27(26(25)30-18-21-9-5-3-6-10-21)32(29(34)37-24)28(33)31(2)19-22-11-7-4-8-12-22/h3-16,24-27,30H,17-19H2,1-2H3/t24-,25+,26-,27-/m1/s1. The molecule has 38 heavy (non-hydrogen) atoms. The van der Waals surface area contributed by atoms with E-state index in [2.05, 4.69) is 5.32 Å². The van der Waals surface area contributed by atoms with E-state index in [0.29, 0.717) is 13.1 Å². The Morgan fingerprint density at radius 1 is 0.974 bits per heavy atom. The Bertz CT molecular complexity index is 1400. The molecule has 4 atom stereocenters. The number of rotatable bonds is 7. The lowest BCUT2D eigenvalue weighted by molar-refractivity contribution is 0.128. The average Bonchev–Trinajstić information content (AvgIpc) is 3.43. The number of imide groups is 1. The van der Waals surface area contributed by atoms with Gasteiger partial charge in [0.15, 0.2) is 9.84 Å². The van der Waals surface area contributed by atoms with Gasteiger partial charge in [-0.15, -0.1) is 0 Å². The maximum Gasteiger partial charge on any atom is 0.418 e. The second kappa shape index (κ2) is 10.6. The predicted octanol–water partition coefficient (Wildman–Crippen LogP) is 4.14. The van der Waals surface area contributed by atoms with E-state index in [4.69, 9.17) is 4.74 Å². The van der Waals surface area contributed by atoms with Gasteiger partial charge in [0.05, 0.1) is 16.2 Å². The fourth-order valence-corrected chi connectivity index (χ4v) is 7.29. The number of fused-ring (bicyclic) bond motifs is 1. The Morgan fingerprint density at radius 3 is 2.21 bits per heavy atom. The van der Waals surface area contributed by atoms with Crippen molar-refractivity contribution in [2.75, 3.05) is 7.05 Å². The van der Waals surface area contributed by atoms with Gasteiger partial charge in [-0.1, -0.05) is 78.4 Å². The van der Waals surface area contributed by atoms with Crippen molar-refractivity contribution >= 4 is 22.0 Å². The number of nitrogens with zero attached hydrogens (tertiary/aromatic N) is 2. The summed E-state index contributed by atoms with van der Waals surface area (Å²) in [6, 6.07) is 23.8. The summed E-state index contributed by atoms with van der Waals surface area (Å²) in [5, 5.41) is 2.49. The van der Waals surface area contributed by atoms with Crippen LogP contribution >= 0.6 is 0 Å². The van der Waals surface area contributed by atoms with Gasteiger partial charge in [0, 0.05) is 32.6 Å². The topological polar surface area (TPSA) is 96.0 Å². The zero-order valence-corrected chi connectivity index (χ0v) is 22.2. The molecular formula is C29H31N3O5S. The van der Waals surface area contributed by atoms with Gasteiger partial charge in [-0.3, -0.25) is 0 Å². The Morgan fingerprint density at radius 2 is 1.58 bits per heavy atom. The number of hydrogen-bond acceptors (Lipinski definition) is 6. The second-order valence-electron chi connectivity index (χ2n) is 9.93. The van der Waals surface area contributed by atoms with Gasteiger partial charge in [0.25, 0.3) is 0 Å². The fourth-order valence-electron chi connectivity index (χ4n) is 5.34. The Labute approximate surface area is 223 Å². The number of nitrogens with one attached hydrogen (secondary N) is 1. The van der Waals surface area contributed by atoms with Crippen molar-refractivity contribution in [3.05, 3.63) is 102 Å². The minimum atomic E-state index is -3.79. The molecule has 0 bridgehead atoms. The van der Waals surface area contributed by atoms with Crippen molar-refractivity contribution in [3.8, 4) is 0 Å². The molecule has 1 heterocycles. The quantitative estimate of drug-likeness (QED) is 0.491. The number of ether oxygens (including phenoxy) is 1. The number of urea groups is 1. The number of benzene rings is 3. The van der Waals surface area contributed by atoms with Crippen LogP contribution in [0.1, 0.15) is 23.1 Å². The fraction of sp³-hybridized carbons (Fsp3) is 0.310. The van der Waals surface area contributed by atoms with Crippen molar-refractivity contribution in [1.29, 1.82) is 0 Å². The van der Waals surface area contributed by atoms with Crippen LogP contribution in [-0.2, 0) is 27.7 Å². The molecule has 9 heteroatoms. The molecular weight excluding hydrogens is 502 g/mol. The Hall–Kier alpha value is -3.69. The highest BCUT2D eigenvalue weighted by Crippen LogP contribution is 2.39. The molecule has 2 aliphatic rings. The van der Waals surface area contributed by atoms with Gasteiger partial charge in [0.1, 0.15) is 6.10 Å².